The highest BCUT2D eigenvalue weighted by Crippen LogP contribution is 2.15. The van der Waals surface area contributed by atoms with Gasteiger partial charge in [-0.3, -0.25) is 4.79 Å². The van der Waals surface area contributed by atoms with Gasteiger partial charge in [-0.15, -0.1) is 11.6 Å². The molecule has 1 amide bonds. The number of amides is 1. The van der Waals surface area contributed by atoms with Crippen molar-refractivity contribution in [1.29, 1.82) is 0 Å². The highest BCUT2D eigenvalue weighted by atomic mass is 35.5. The van der Waals surface area contributed by atoms with Crippen LogP contribution in [-0.2, 0) is 11.2 Å². The van der Waals surface area contributed by atoms with Crippen molar-refractivity contribution in [2.75, 3.05) is 5.88 Å². The number of hydrogen-bond donors (Lipinski definition) is 1. The predicted molar refractivity (Wildman–Crippen MR) is 77.3 cm³/mol. The first-order valence-electron chi connectivity index (χ1n) is 6.11. The van der Waals surface area contributed by atoms with Gasteiger partial charge in [0.2, 0.25) is 5.91 Å². The molecule has 2 nitrogen and oxygen atoms in total. The van der Waals surface area contributed by atoms with Crippen LogP contribution in [0, 0.1) is 5.92 Å². The highest BCUT2D eigenvalue weighted by molar-refractivity contribution is 6.31. The molecule has 0 saturated heterocycles. The minimum atomic E-state index is -0.0330. The number of carbonyl (C=O) groups excluding carboxylic acids is 1. The molecule has 1 rings (SSSR count). The summed E-state index contributed by atoms with van der Waals surface area (Å²) in [5.41, 5.74) is 0.842. The van der Waals surface area contributed by atoms with E-state index in [9.17, 15) is 4.79 Å². The number of hydrogen-bond acceptors (Lipinski definition) is 1. The molecule has 1 aromatic carbocycles. The van der Waals surface area contributed by atoms with E-state index in [-0.39, 0.29) is 11.9 Å². The summed E-state index contributed by atoms with van der Waals surface area (Å²) in [4.78, 5) is 11.9. The van der Waals surface area contributed by atoms with E-state index in [4.69, 9.17) is 23.2 Å². The molecule has 100 valence electrons. The number of rotatable bonds is 6. The van der Waals surface area contributed by atoms with Crippen LogP contribution in [0.3, 0.4) is 0 Å². The molecule has 0 spiro atoms. The first kappa shape index (κ1) is 15.3. The monoisotopic (exact) mass is 287 g/mol. The van der Waals surface area contributed by atoms with Crippen LogP contribution in [0.1, 0.15) is 25.8 Å². The fourth-order valence-corrected chi connectivity index (χ4v) is 2.23. The zero-order chi connectivity index (χ0) is 13.5. The lowest BCUT2D eigenvalue weighted by Crippen LogP contribution is -2.38. The van der Waals surface area contributed by atoms with E-state index in [1.54, 1.807) is 6.07 Å². The van der Waals surface area contributed by atoms with Crippen LogP contribution in [-0.4, -0.2) is 17.8 Å². The molecular weight excluding hydrogens is 269 g/mol. The van der Waals surface area contributed by atoms with Gasteiger partial charge in [-0.05, 0) is 24.0 Å². The molecule has 0 bridgehead atoms. The average molecular weight is 288 g/mol. The second-order valence-corrected chi connectivity index (χ2v) is 5.53. The lowest BCUT2D eigenvalue weighted by molar-refractivity contribution is -0.121. The molecule has 1 unspecified atom stereocenters. The Balaban J connectivity index is 2.53. The lowest BCUT2D eigenvalue weighted by Gasteiger charge is -2.18. The van der Waals surface area contributed by atoms with E-state index in [2.05, 4.69) is 19.2 Å². The number of benzene rings is 1. The maximum absolute atomic E-state index is 11.9. The van der Waals surface area contributed by atoms with Crippen molar-refractivity contribution in [3.63, 3.8) is 0 Å². The summed E-state index contributed by atoms with van der Waals surface area (Å²) in [7, 11) is 0. The first-order valence-corrected chi connectivity index (χ1v) is 7.03. The zero-order valence-corrected chi connectivity index (χ0v) is 12.3. The Bertz CT molecular complexity index is 393. The molecule has 0 aromatic heterocycles. The van der Waals surface area contributed by atoms with Crippen molar-refractivity contribution in [2.45, 2.75) is 32.7 Å². The van der Waals surface area contributed by atoms with Crippen LogP contribution < -0.4 is 5.32 Å². The van der Waals surface area contributed by atoms with E-state index in [0.717, 1.165) is 12.0 Å². The summed E-state index contributed by atoms with van der Waals surface area (Å²) in [6.07, 6.45) is 1.18. The fraction of sp³-hybridized carbons (Fsp3) is 0.500. The molecule has 1 atom stereocenters. The molecule has 1 N–H and O–H groups in total. The molecule has 4 heteroatoms. The number of alkyl halides is 1. The number of nitrogens with one attached hydrogen (secondary N) is 1. The molecular formula is C14H19Cl2NO. The van der Waals surface area contributed by atoms with E-state index < -0.39 is 0 Å². The van der Waals surface area contributed by atoms with Gasteiger partial charge in [0, 0.05) is 16.9 Å². The van der Waals surface area contributed by atoms with E-state index >= 15 is 0 Å². The molecule has 0 aliphatic rings. The van der Waals surface area contributed by atoms with Crippen LogP contribution in [0.25, 0.3) is 0 Å². The maximum atomic E-state index is 11.9. The minimum absolute atomic E-state index is 0.0293. The Hall–Kier alpha value is -0.730. The van der Waals surface area contributed by atoms with Crippen molar-refractivity contribution in [2.24, 2.45) is 5.92 Å². The summed E-state index contributed by atoms with van der Waals surface area (Å²) in [5, 5.41) is 3.57. The van der Waals surface area contributed by atoms with Gasteiger partial charge in [0.25, 0.3) is 0 Å². The Morgan fingerprint density at radius 3 is 2.56 bits per heavy atom. The summed E-state index contributed by atoms with van der Waals surface area (Å²) >= 11 is 11.9. The van der Waals surface area contributed by atoms with Gasteiger partial charge < -0.3 is 5.32 Å². The Kier molecular flexibility index (Phi) is 6.51. The molecule has 18 heavy (non-hydrogen) atoms. The van der Waals surface area contributed by atoms with Crippen molar-refractivity contribution in [1.82, 2.24) is 5.32 Å². The molecule has 0 radical (unpaired) electrons. The van der Waals surface area contributed by atoms with Crippen LogP contribution in [0.15, 0.2) is 24.3 Å². The first-order chi connectivity index (χ1) is 8.52. The topological polar surface area (TPSA) is 29.1 Å². The average Bonchev–Trinajstić information content (AvgIpc) is 2.30. The SMILES string of the molecule is CC(C)CC(CCl)NC(=O)Cc1ccccc1Cl. The summed E-state index contributed by atoms with van der Waals surface area (Å²) < 4.78 is 0. The van der Waals surface area contributed by atoms with Crippen molar-refractivity contribution in [3.05, 3.63) is 34.9 Å². The normalized spacial score (nSPS) is 12.5. The summed E-state index contributed by atoms with van der Waals surface area (Å²) in [6.45, 7) is 4.22. The van der Waals surface area contributed by atoms with Crippen LogP contribution >= 0.6 is 23.2 Å². The standard InChI is InChI=1S/C14H19Cl2NO/c1-10(2)7-12(9-15)17-14(18)8-11-5-3-4-6-13(11)16/h3-6,10,12H,7-9H2,1-2H3,(H,17,18). The van der Waals surface area contributed by atoms with Gasteiger partial charge in [-0.1, -0.05) is 43.6 Å². The van der Waals surface area contributed by atoms with Crippen LogP contribution in [0.4, 0.5) is 0 Å². The Labute approximate surface area is 119 Å². The van der Waals surface area contributed by atoms with E-state index in [1.165, 1.54) is 0 Å². The highest BCUT2D eigenvalue weighted by Gasteiger charge is 2.14. The Morgan fingerprint density at radius 1 is 1.33 bits per heavy atom. The quantitative estimate of drug-likeness (QED) is 0.795. The maximum Gasteiger partial charge on any atom is 0.224 e. The minimum Gasteiger partial charge on any atom is -0.352 e. The van der Waals surface area contributed by atoms with E-state index in [1.807, 2.05) is 18.2 Å². The van der Waals surface area contributed by atoms with Gasteiger partial charge in [0.1, 0.15) is 0 Å². The third-order valence-corrected chi connectivity index (χ3v) is 3.36. The van der Waals surface area contributed by atoms with Crippen molar-refractivity contribution >= 4 is 29.1 Å². The molecule has 0 saturated carbocycles. The lowest BCUT2D eigenvalue weighted by atomic mass is 10.0. The van der Waals surface area contributed by atoms with Gasteiger partial charge in [0.15, 0.2) is 0 Å². The second-order valence-electron chi connectivity index (χ2n) is 4.82. The molecule has 0 aliphatic carbocycles. The largest absolute Gasteiger partial charge is 0.352 e. The van der Waals surface area contributed by atoms with Crippen molar-refractivity contribution in [3.8, 4) is 0 Å². The third-order valence-electron chi connectivity index (χ3n) is 2.62. The second kappa shape index (κ2) is 7.65. The summed E-state index contributed by atoms with van der Waals surface area (Å²) in [6, 6.07) is 7.41. The van der Waals surface area contributed by atoms with Gasteiger partial charge in [-0.25, -0.2) is 0 Å². The fourth-order valence-electron chi connectivity index (χ4n) is 1.82. The molecule has 0 aliphatic heterocycles. The van der Waals surface area contributed by atoms with Crippen molar-refractivity contribution < 1.29 is 4.79 Å². The number of carbonyl (C=O) groups is 1. The zero-order valence-electron chi connectivity index (χ0n) is 10.7. The number of halogens is 2. The predicted octanol–water partition coefficient (Wildman–Crippen LogP) is 3.65. The third kappa shape index (κ3) is 5.28. The molecule has 1 aromatic rings. The Morgan fingerprint density at radius 2 is 2.00 bits per heavy atom. The van der Waals surface area contributed by atoms with Crippen LogP contribution in [0.2, 0.25) is 5.02 Å². The molecule has 0 heterocycles. The van der Waals surface area contributed by atoms with Gasteiger partial charge in [0.05, 0.1) is 6.42 Å². The van der Waals surface area contributed by atoms with E-state index in [0.29, 0.717) is 23.2 Å². The molecule has 0 fully saturated rings. The van der Waals surface area contributed by atoms with Crippen LogP contribution in [0.5, 0.6) is 0 Å². The summed E-state index contributed by atoms with van der Waals surface area (Å²) in [5.74, 6) is 0.913. The van der Waals surface area contributed by atoms with Gasteiger partial charge >= 0.3 is 0 Å². The smallest absolute Gasteiger partial charge is 0.224 e. The van der Waals surface area contributed by atoms with Gasteiger partial charge in [-0.2, -0.15) is 0 Å².